The number of aryl methyl sites for hydroxylation is 2. The van der Waals surface area contributed by atoms with E-state index in [2.05, 4.69) is 9.88 Å². The molecule has 0 aliphatic carbocycles. The number of fused-ring (bicyclic) bond motifs is 1. The molecule has 1 aliphatic rings. The van der Waals surface area contributed by atoms with E-state index < -0.39 is 32.2 Å². The minimum Gasteiger partial charge on any atom is -0.497 e. The fourth-order valence-corrected chi connectivity index (χ4v) is 7.62. The summed E-state index contributed by atoms with van der Waals surface area (Å²) in [6.07, 6.45) is -0.851. The second-order valence-corrected chi connectivity index (χ2v) is 14.6. The highest BCUT2D eigenvalue weighted by Crippen LogP contribution is 2.31. The average molecular weight is 651 g/mol. The molecule has 3 aromatic rings. The molecule has 0 saturated heterocycles. The molecule has 0 radical (unpaired) electrons. The van der Waals surface area contributed by atoms with Gasteiger partial charge in [-0.15, -0.1) is 0 Å². The molecule has 1 amide bonds. The van der Waals surface area contributed by atoms with E-state index in [1.165, 1.54) is 61.5 Å². The lowest BCUT2D eigenvalue weighted by Crippen LogP contribution is -2.48. The summed E-state index contributed by atoms with van der Waals surface area (Å²) in [6.45, 7) is 6.44. The lowest BCUT2D eigenvalue weighted by Gasteiger charge is -2.33. The van der Waals surface area contributed by atoms with Crippen molar-refractivity contribution in [3.63, 3.8) is 0 Å². The number of hydrogen-bond acceptors (Lipinski definition) is 10. The second kappa shape index (κ2) is 13.1. The first-order chi connectivity index (χ1) is 20.7. The van der Waals surface area contributed by atoms with Gasteiger partial charge in [0.2, 0.25) is 15.9 Å². The number of ether oxygens (including phenoxy) is 2. The third-order valence-corrected chi connectivity index (χ3v) is 11.1. The van der Waals surface area contributed by atoms with Gasteiger partial charge in [0, 0.05) is 30.8 Å². The quantitative estimate of drug-likeness (QED) is 0.333. The molecule has 0 saturated carbocycles. The monoisotopic (exact) mass is 650 g/mol. The van der Waals surface area contributed by atoms with Crippen LogP contribution in [-0.4, -0.2) is 88.2 Å². The van der Waals surface area contributed by atoms with Gasteiger partial charge in [-0.3, -0.25) is 9.52 Å². The van der Waals surface area contributed by atoms with Crippen LogP contribution in [0.25, 0.3) is 0 Å². The largest absolute Gasteiger partial charge is 0.497 e. The number of anilines is 1. The topological polar surface area (TPSA) is 169 Å². The number of hydrogen-bond donors (Lipinski definition) is 2. The number of aliphatic hydroxyl groups is 1. The number of sulfonamides is 2. The number of rotatable bonds is 10. The Morgan fingerprint density at radius 1 is 1.16 bits per heavy atom. The zero-order valence-corrected chi connectivity index (χ0v) is 27.1. The van der Waals surface area contributed by atoms with Gasteiger partial charge in [-0.05, 0) is 63.2 Å². The maximum Gasteiger partial charge on any atom is 0.267 e. The molecule has 0 spiro atoms. The van der Waals surface area contributed by atoms with E-state index in [0.29, 0.717) is 17.1 Å². The van der Waals surface area contributed by atoms with Crippen LogP contribution in [0.1, 0.15) is 30.9 Å². The highest BCUT2D eigenvalue weighted by Gasteiger charge is 2.34. The lowest BCUT2D eigenvalue weighted by atomic mass is 10.0. The first kappa shape index (κ1) is 33.2. The zero-order valence-electron chi connectivity index (χ0n) is 25.5. The van der Waals surface area contributed by atoms with Crippen molar-refractivity contribution in [2.24, 2.45) is 5.92 Å². The van der Waals surface area contributed by atoms with Crippen LogP contribution in [0, 0.1) is 19.8 Å². The van der Waals surface area contributed by atoms with E-state index in [1.807, 2.05) is 6.92 Å². The van der Waals surface area contributed by atoms with Crippen molar-refractivity contribution in [2.45, 2.75) is 56.1 Å². The molecule has 2 N–H and O–H groups in total. The summed E-state index contributed by atoms with van der Waals surface area (Å²) in [5.74, 6) is 0.311. The summed E-state index contributed by atoms with van der Waals surface area (Å²) in [5.41, 5.74) is 0.782. The number of aliphatic hydroxyl groups excluding tert-OH is 1. The van der Waals surface area contributed by atoms with Gasteiger partial charge in [0.15, 0.2) is 10.7 Å². The Morgan fingerprint density at radius 2 is 1.84 bits per heavy atom. The molecule has 0 bridgehead atoms. The van der Waals surface area contributed by atoms with Crippen LogP contribution >= 0.6 is 0 Å². The van der Waals surface area contributed by atoms with Crippen LogP contribution in [0.5, 0.6) is 11.5 Å². The zero-order chi connectivity index (χ0) is 32.4. The standard InChI is InChI=1S/C29H38N4O9S2/c1-18-15-33(19(2)17-34)28(35)14-22-13-23(31-43(36,37)29-20(3)30-42-21(29)4)7-12-26(22)41-27(18)16-32(5)44(38,39)25-10-8-24(40-6)9-11-25/h7-13,18-19,27,31,34H,14-17H2,1-6H3/t18-,19-,27-/m1/s1. The SMILES string of the molecule is COc1ccc(S(=O)(=O)N(C)C[C@H]2Oc3ccc(NS(=O)(=O)c4c(C)noc4C)cc3CC(=O)N([C@H](C)CO)C[C@H]2C)cc1. The predicted octanol–water partition coefficient (Wildman–Crippen LogP) is 2.57. The molecule has 2 aromatic carbocycles. The van der Waals surface area contributed by atoms with E-state index in [1.54, 1.807) is 25.1 Å². The summed E-state index contributed by atoms with van der Waals surface area (Å²) in [7, 11) is -5.02. The number of carbonyl (C=O) groups is 1. The smallest absolute Gasteiger partial charge is 0.267 e. The van der Waals surface area contributed by atoms with Gasteiger partial charge >= 0.3 is 0 Å². The first-order valence-corrected chi connectivity index (χ1v) is 16.9. The van der Waals surface area contributed by atoms with Gasteiger partial charge in [0.25, 0.3) is 10.0 Å². The molecule has 4 rings (SSSR count). The minimum absolute atomic E-state index is 0.0507. The molecule has 15 heteroatoms. The van der Waals surface area contributed by atoms with Crippen molar-refractivity contribution < 1.29 is 40.7 Å². The second-order valence-electron chi connectivity index (χ2n) is 10.9. The van der Waals surface area contributed by atoms with Crippen molar-refractivity contribution >= 4 is 31.6 Å². The average Bonchev–Trinajstić information content (AvgIpc) is 3.35. The fraction of sp³-hybridized carbons (Fsp3) is 0.448. The van der Waals surface area contributed by atoms with Gasteiger partial charge in [-0.2, -0.15) is 4.31 Å². The Labute approximate surface area is 257 Å². The molecule has 240 valence electrons. The summed E-state index contributed by atoms with van der Waals surface area (Å²) in [4.78, 5) is 15.1. The van der Waals surface area contributed by atoms with Gasteiger partial charge in [0.1, 0.15) is 23.3 Å². The maximum atomic E-state index is 13.5. The Morgan fingerprint density at radius 3 is 2.43 bits per heavy atom. The van der Waals surface area contributed by atoms with E-state index in [0.717, 1.165) is 0 Å². The van der Waals surface area contributed by atoms with Crippen LogP contribution in [0.4, 0.5) is 5.69 Å². The highest BCUT2D eigenvalue weighted by molar-refractivity contribution is 7.92. The van der Waals surface area contributed by atoms with Gasteiger partial charge in [0.05, 0.1) is 37.6 Å². The molecule has 0 unspecified atom stereocenters. The molecule has 3 atom stereocenters. The number of likely N-dealkylation sites (N-methyl/N-ethyl adjacent to an activating group) is 1. The van der Waals surface area contributed by atoms with Crippen molar-refractivity contribution in [1.29, 1.82) is 0 Å². The minimum atomic E-state index is -4.06. The number of nitrogens with one attached hydrogen (secondary N) is 1. The maximum absolute atomic E-state index is 13.5. The Bertz CT molecular complexity index is 1690. The molecule has 1 aliphatic heterocycles. The van der Waals surface area contributed by atoms with Crippen LogP contribution < -0.4 is 14.2 Å². The third-order valence-electron chi connectivity index (χ3n) is 7.61. The lowest BCUT2D eigenvalue weighted by molar-refractivity contribution is -0.134. The molecular weight excluding hydrogens is 612 g/mol. The van der Waals surface area contributed by atoms with Crippen LogP contribution in [0.3, 0.4) is 0 Å². The normalized spacial score (nSPS) is 18.5. The fourth-order valence-electron chi connectivity index (χ4n) is 5.05. The number of carbonyl (C=O) groups excluding carboxylic acids is 1. The van der Waals surface area contributed by atoms with Crippen molar-refractivity contribution in [2.75, 3.05) is 38.6 Å². The third kappa shape index (κ3) is 7.01. The Hall–Kier alpha value is -3.66. The first-order valence-electron chi connectivity index (χ1n) is 13.9. The van der Waals surface area contributed by atoms with Gasteiger partial charge in [-0.1, -0.05) is 12.1 Å². The van der Waals surface area contributed by atoms with Crippen molar-refractivity contribution in [3.05, 3.63) is 59.5 Å². The summed E-state index contributed by atoms with van der Waals surface area (Å²) >= 11 is 0. The number of amides is 1. The number of benzene rings is 2. The molecular formula is C29H38N4O9S2. The van der Waals surface area contributed by atoms with E-state index in [4.69, 9.17) is 14.0 Å². The van der Waals surface area contributed by atoms with Crippen LogP contribution in [0.2, 0.25) is 0 Å². The van der Waals surface area contributed by atoms with E-state index in [-0.39, 0.29) is 64.9 Å². The number of methoxy groups -OCH3 is 1. The molecule has 44 heavy (non-hydrogen) atoms. The van der Waals surface area contributed by atoms with Crippen LogP contribution in [0.15, 0.2) is 56.8 Å². The number of aromatic nitrogens is 1. The number of nitrogens with zero attached hydrogens (tertiary/aromatic N) is 3. The molecule has 1 aromatic heterocycles. The summed E-state index contributed by atoms with van der Waals surface area (Å²) < 4.78 is 73.4. The van der Waals surface area contributed by atoms with Gasteiger partial charge in [-0.25, -0.2) is 16.8 Å². The summed E-state index contributed by atoms with van der Waals surface area (Å²) in [6, 6.07) is 10.1. The Kier molecular flexibility index (Phi) is 9.93. The molecule has 2 heterocycles. The molecule has 0 fully saturated rings. The van der Waals surface area contributed by atoms with E-state index >= 15 is 0 Å². The summed E-state index contributed by atoms with van der Waals surface area (Å²) in [5, 5.41) is 13.6. The van der Waals surface area contributed by atoms with Crippen LogP contribution in [-0.2, 0) is 31.3 Å². The highest BCUT2D eigenvalue weighted by atomic mass is 32.2. The van der Waals surface area contributed by atoms with E-state index in [9.17, 15) is 26.7 Å². The van der Waals surface area contributed by atoms with Crippen molar-refractivity contribution in [3.8, 4) is 11.5 Å². The predicted molar refractivity (Wildman–Crippen MR) is 162 cm³/mol. The van der Waals surface area contributed by atoms with Crippen molar-refractivity contribution in [1.82, 2.24) is 14.4 Å². The van der Waals surface area contributed by atoms with Gasteiger partial charge < -0.3 is 24.0 Å². The molecule has 13 nitrogen and oxygen atoms in total. The Balaban J connectivity index is 1.68.